The maximum absolute atomic E-state index is 11.4. The highest BCUT2D eigenvalue weighted by Gasteiger charge is 2.13. The van der Waals surface area contributed by atoms with E-state index in [9.17, 15) is 9.59 Å². The maximum Gasteiger partial charge on any atom is 0.340 e. The minimum absolute atomic E-state index is 0.0310. The third kappa shape index (κ3) is 3.15. The summed E-state index contributed by atoms with van der Waals surface area (Å²) in [5.41, 5.74) is 0.570. The summed E-state index contributed by atoms with van der Waals surface area (Å²) in [4.78, 5) is 22.6. The number of rotatable bonds is 3. The van der Waals surface area contributed by atoms with Crippen LogP contribution in [0.1, 0.15) is 10.4 Å². The molecule has 0 fully saturated rings. The Morgan fingerprint density at radius 3 is 2.75 bits per heavy atom. The van der Waals surface area contributed by atoms with Crippen LogP contribution in [0.25, 0.3) is 0 Å². The average Bonchev–Trinajstić information content (AvgIpc) is 2.30. The van der Waals surface area contributed by atoms with Crippen molar-refractivity contribution in [1.82, 2.24) is 0 Å². The number of hydrogen-bond acceptors (Lipinski definition) is 4. The van der Waals surface area contributed by atoms with Crippen LogP contribution in [0.15, 0.2) is 18.2 Å². The quantitative estimate of drug-likeness (QED) is 0.645. The Morgan fingerprint density at radius 1 is 1.50 bits per heavy atom. The summed E-state index contributed by atoms with van der Waals surface area (Å²) in [6.45, 7) is 0. The molecule has 86 valence electrons. The van der Waals surface area contributed by atoms with Crippen LogP contribution in [-0.2, 0) is 9.53 Å². The Kier molecular flexibility index (Phi) is 4.64. The van der Waals surface area contributed by atoms with E-state index >= 15 is 0 Å². The minimum Gasteiger partial charge on any atom is -0.465 e. The highest BCUT2D eigenvalue weighted by Crippen LogP contribution is 2.21. The van der Waals surface area contributed by atoms with Crippen LogP contribution < -0.4 is 5.32 Å². The van der Waals surface area contributed by atoms with Crippen molar-refractivity contribution in [3.05, 3.63) is 28.8 Å². The second kappa shape index (κ2) is 5.77. The number of benzene rings is 1. The van der Waals surface area contributed by atoms with Crippen molar-refractivity contribution in [2.75, 3.05) is 18.2 Å². The summed E-state index contributed by atoms with van der Waals surface area (Å²) in [5, 5.41) is 2.92. The Balaban J connectivity index is 3.07. The lowest BCUT2D eigenvalue weighted by atomic mass is 10.2. The Morgan fingerprint density at radius 2 is 2.19 bits per heavy atom. The molecule has 16 heavy (non-hydrogen) atoms. The maximum atomic E-state index is 11.4. The molecule has 0 spiro atoms. The number of halogens is 1. The topological polar surface area (TPSA) is 55.4 Å². The van der Waals surface area contributed by atoms with Gasteiger partial charge in [-0.3, -0.25) is 4.79 Å². The third-order valence-corrected chi connectivity index (χ3v) is 2.33. The van der Waals surface area contributed by atoms with Crippen LogP contribution in [-0.4, -0.2) is 24.7 Å². The van der Waals surface area contributed by atoms with Gasteiger partial charge in [0.25, 0.3) is 0 Å². The number of amides is 1. The molecular weight excluding hydrogens is 250 g/mol. The van der Waals surface area contributed by atoms with E-state index in [1.54, 1.807) is 6.07 Å². The van der Waals surface area contributed by atoms with Crippen molar-refractivity contribution in [2.24, 2.45) is 0 Å². The number of nitrogens with one attached hydrogen (secondary N) is 1. The largest absolute Gasteiger partial charge is 0.465 e. The fourth-order valence-electron chi connectivity index (χ4n) is 1.09. The Bertz CT molecular complexity index is 423. The fraction of sp³-hybridized carbons (Fsp3) is 0.200. The third-order valence-electron chi connectivity index (χ3n) is 1.80. The van der Waals surface area contributed by atoms with Crippen molar-refractivity contribution in [2.45, 2.75) is 0 Å². The SMILES string of the molecule is COC(=O)c1cc(Cl)ccc1NC(=O)CS. The highest BCUT2D eigenvalue weighted by atomic mass is 35.5. The molecule has 0 heterocycles. The molecule has 0 bridgehead atoms. The molecular formula is C10H10ClNO3S. The molecule has 1 amide bonds. The first-order valence-corrected chi connectivity index (χ1v) is 5.38. The molecule has 0 saturated carbocycles. The van der Waals surface area contributed by atoms with E-state index in [-0.39, 0.29) is 17.2 Å². The van der Waals surface area contributed by atoms with E-state index in [4.69, 9.17) is 11.6 Å². The zero-order valence-corrected chi connectivity index (χ0v) is 10.1. The van der Waals surface area contributed by atoms with Crippen molar-refractivity contribution >= 4 is 41.8 Å². The van der Waals surface area contributed by atoms with E-state index < -0.39 is 5.97 Å². The molecule has 0 atom stereocenters. The molecule has 4 nitrogen and oxygen atoms in total. The minimum atomic E-state index is -0.558. The fourth-order valence-corrected chi connectivity index (χ4v) is 1.35. The summed E-state index contributed by atoms with van der Waals surface area (Å²) >= 11 is 9.57. The molecule has 0 aliphatic rings. The zero-order valence-electron chi connectivity index (χ0n) is 8.49. The molecule has 0 radical (unpaired) electrons. The molecule has 0 aliphatic heterocycles. The Hall–Kier alpha value is -1.20. The first-order chi connectivity index (χ1) is 7.58. The molecule has 0 aliphatic carbocycles. The van der Waals surface area contributed by atoms with Gasteiger partial charge in [-0.25, -0.2) is 4.79 Å². The lowest BCUT2D eigenvalue weighted by Crippen LogP contribution is -2.16. The van der Waals surface area contributed by atoms with Gasteiger partial charge in [-0.1, -0.05) is 11.6 Å². The second-order valence-corrected chi connectivity index (χ2v) is 3.64. The lowest BCUT2D eigenvalue weighted by molar-refractivity contribution is -0.113. The standard InChI is InChI=1S/C10H10ClNO3S/c1-15-10(14)7-4-6(11)2-3-8(7)12-9(13)5-16/h2-4,16H,5H2,1H3,(H,12,13). The van der Waals surface area contributed by atoms with Gasteiger partial charge in [-0.15, -0.1) is 0 Å². The number of esters is 1. The van der Waals surface area contributed by atoms with E-state index in [1.165, 1.54) is 19.2 Å². The molecule has 0 aromatic heterocycles. The molecule has 1 aromatic carbocycles. The van der Waals surface area contributed by atoms with Crippen LogP contribution in [0.3, 0.4) is 0 Å². The Labute approximate surface area is 103 Å². The van der Waals surface area contributed by atoms with Gasteiger partial charge in [0.05, 0.1) is 24.1 Å². The van der Waals surface area contributed by atoms with Crippen LogP contribution >= 0.6 is 24.2 Å². The van der Waals surface area contributed by atoms with Crippen molar-refractivity contribution < 1.29 is 14.3 Å². The predicted octanol–water partition coefficient (Wildman–Crippen LogP) is 1.99. The van der Waals surface area contributed by atoms with Crippen molar-refractivity contribution in [1.29, 1.82) is 0 Å². The van der Waals surface area contributed by atoms with Crippen LogP contribution in [0.2, 0.25) is 5.02 Å². The zero-order chi connectivity index (χ0) is 12.1. The van der Waals surface area contributed by atoms with Gasteiger partial charge >= 0.3 is 5.97 Å². The molecule has 0 unspecified atom stereocenters. The molecule has 6 heteroatoms. The molecule has 1 aromatic rings. The second-order valence-electron chi connectivity index (χ2n) is 2.89. The monoisotopic (exact) mass is 259 g/mol. The van der Waals surface area contributed by atoms with E-state index in [0.29, 0.717) is 10.7 Å². The van der Waals surface area contributed by atoms with Gasteiger partial charge in [0.1, 0.15) is 0 Å². The van der Waals surface area contributed by atoms with Gasteiger partial charge in [0.15, 0.2) is 0 Å². The van der Waals surface area contributed by atoms with Gasteiger partial charge in [-0.05, 0) is 18.2 Å². The van der Waals surface area contributed by atoms with Crippen molar-refractivity contribution in [3.63, 3.8) is 0 Å². The van der Waals surface area contributed by atoms with Gasteiger partial charge < -0.3 is 10.1 Å². The number of anilines is 1. The number of carbonyl (C=O) groups is 2. The number of methoxy groups -OCH3 is 1. The van der Waals surface area contributed by atoms with E-state index in [0.717, 1.165) is 0 Å². The first kappa shape index (κ1) is 12.9. The summed E-state index contributed by atoms with van der Waals surface area (Å²) in [6, 6.07) is 4.54. The first-order valence-electron chi connectivity index (χ1n) is 4.37. The number of carbonyl (C=O) groups excluding carboxylic acids is 2. The summed E-state index contributed by atoms with van der Waals surface area (Å²) in [7, 11) is 1.26. The van der Waals surface area contributed by atoms with Gasteiger partial charge in [0, 0.05) is 5.02 Å². The number of ether oxygens (including phenoxy) is 1. The van der Waals surface area contributed by atoms with Gasteiger partial charge in [0.2, 0.25) is 5.91 Å². The summed E-state index contributed by atoms with van der Waals surface area (Å²) < 4.78 is 4.58. The van der Waals surface area contributed by atoms with Crippen LogP contribution in [0.4, 0.5) is 5.69 Å². The van der Waals surface area contributed by atoms with Gasteiger partial charge in [-0.2, -0.15) is 12.6 Å². The summed E-state index contributed by atoms with van der Waals surface area (Å²) in [5.74, 6) is -0.837. The normalized spacial score (nSPS) is 9.69. The van der Waals surface area contributed by atoms with E-state index in [1.807, 2.05) is 0 Å². The highest BCUT2D eigenvalue weighted by molar-refractivity contribution is 7.81. The van der Waals surface area contributed by atoms with Crippen molar-refractivity contribution in [3.8, 4) is 0 Å². The van der Waals surface area contributed by atoms with E-state index in [2.05, 4.69) is 22.7 Å². The number of hydrogen-bond donors (Lipinski definition) is 2. The predicted molar refractivity (Wildman–Crippen MR) is 65.3 cm³/mol. The van der Waals surface area contributed by atoms with Crippen LogP contribution in [0, 0.1) is 0 Å². The molecule has 0 saturated heterocycles. The smallest absolute Gasteiger partial charge is 0.340 e. The number of thiol groups is 1. The average molecular weight is 260 g/mol. The van der Waals surface area contributed by atoms with Crippen LogP contribution in [0.5, 0.6) is 0 Å². The lowest BCUT2D eigenvalue weighted by Gasteiger charge is -2.09. The molecule has 1 rings (SSSR count). The summed E-state index contributed by atoms with van der Waals surface area (Å²) in [6.07, 6.45) is 0. The molecule has 1 N–H and O–H groups in total.